The molecule has 0 unspecified atom stereocenters. The van der Waals surface area contributed by atoms with Gasteiger partial charge in [-0.2, -0.15) is 0 Å². The minimum Gasteiger partial charge on any atom is -0.338 e. The van der Waals surface area contributed by atoms with Crippen molar-refractivity contribution >= 4 is 22.0 Å². The van der Waals surface area contributed by atoms with Crippen molar-refractivity contribution in [3.8, 4) is 0 Å². The van der Waals surface area contributed by atoms with E-state index in [9.17, 15) is 4.79 Å². The summed E-state index contributed by atoms with van der Waals surface area (Å²) in [4.78, 5) is 14.7. The summed E-state index contributed by atoms with van der Waals surface area (Å²) >= 11 is 3.44. The third-order valence-electron chi connectivity index (χ3n) is 4.32. The lowest BCUT2D eigenvalue weighted by Gasteiger charge is -2.23. The molecule has 0 saturated heterocycles. The summed E-state index contributed by atoms with van der Waals surface area (Å²) in [5.41, 5.74) is 3.45. The quantitative estimate of drug-likeness (QED) is 0.542. The molecule has 0 aliphatic rings. The smallest absolute Gasteiger partial charge is 0.318 e. The monoisotopic (exact) mass is 422 g/mol. The van der Waals surface area contributed by atoms with Crippen molar-refractivity contribution in [2.45, 2.75) is 19.5 Å². The second kappa shape index (κ2) is 9.93. The summed E-state index contributed by atoms with van der Waals surface area (Å²) in [5.74, 6) is 0. The van der Waals surface area contributed by atoms with Crippen LogP contribution in [0.1, 0.15) is 16.7 Å². The highest BCUT2D eigenvalue weighted by molar-refractivity contribution is 9.10. The van der Waals surface area contributed by atoms with Gasteiger partial charge in [0.2, 0.25) is 0 Å². The zero-order chi connectivity index (χ0) is 18.9. The van der Waals surface area contributed by atoms with Crippen molar-refractivity contribution in [1.82, 2.24) is 10.2 Å². The van der Waals surface area contributed by atoms with Crippen LogP contribution in [0.5, 0.6) is 0 Å². The van der Waals surface area contributed by atoms with Crippen LogP contribution in [0.4, 0.5) is 4.79 Å². The molecule has 3 rings (SSSR count). The van der Waals surface area contributed by atoms with Crippen LogP contribution in [0.3, 0.4) is 0 Å². The first kappa shape index (κ1) is 19.2. The summed E-state index contributed by atoms with van der Waals surface area (Å²) in [6.07, 6.45) is 0.809. The number of nitrogens with zero attached hydrogens (tertiary/aromatic N) is 1. The van der Waals surface area contributed by atoms with Crippen LogP contribution in [0.2, 0.25) is 0 Å². The van der Waals surface area contributed by atoms with Gasteiger partial charge in [0.1, 0.15) is 0 Å². The summed E-state index contributed by atoms with van der Waals surface area (Å²) in [6, 6.07) is 28.3. The van der Waals surface area contributed by atoms with Gasteiger partial charge in [-0.25, -0.2) is 4.79 Å². The fourth-order valence-electron chi connectivity index (χ4n) is 2.88. The second-order valence-corrected chi connectivity index (χ2v) is 7.35. The van der Waals surface area contributed by atoms with E-state index in [-0.39, 0.29) is 6.03 Å². The minimum absolute atomic E-state index is 0.0418. The van der Waals surface area contributed by atoms with Crippen LogP contribution < -0.4 is 5.32 Å². The molecule has 0 atom stereocenters. The Bertz CT molecular complexity index is 794. The van der Waals surface area contributed by atoms with Gasteiger partial charge in [-0.1, -0.05) is 88.7 Å². The van der Waals surface area contributed by atoms with Crippen molar-refractivity contribution in [3.05, 3.63) is 106 Å². The van der Waals surface area contributed by atoms with Gasteiger partial charge in [0.25, 0.3) is 0 Å². The molecule has 3 nitrogen and oxygen atoms in total. The molecule has 3 aromatic rings. The molecular weight excluding hydrogens is 400 g/mol. The Labute approximate surface area is 169 Å². The Kier molecular flexibility index (Phi) is 7.05. The number of hydrogen-bond acceptors (Lipinski definition) is 1. The minimum atomic E-state index is -0.0418. The fraction of sp³-hybridized carbons (Fsp3) is 0.174. The Balaban J connectivity index is 1.61. The topological polar surface area (TPSA) is 32.3 Å². The van der Waals surface area contributed by atoms with E-state index < -0.39 is 0 Å². The lowest BCUT2D eigenvalue weighted by Crippen LogP contribution is -2.40. The Morgan fingerprint density at radius 1 is 0.741 bits per heavy atom. The zero-order valence-electron chi connectivity index (χ0n) is 15.1. The first-order chi connectivity index (χ1) is 13.2. The average molecular weight is 423 g/mol. The standard InChI is InChI=1S/C23H23BrN2O/c24-22-13-11-19(12-14-22)15-16-25-23(27)26(17-20-7-3-1-4-8-20)18-21-9-5-2-6-10-21/h1-14H,15-18H2,(H,25,27). The molecule has 0 heterocycles. The van der Waals surface area contributed by atoms with Crippen LogP contribution >= 0.6 is 15.9 Å². The summed E-state index contributed by atoms with van der Waals surface area (Å²) < 4.78 is 1.06. The molecule has 0 spiro atoms. The van der Waals surface area contributed by atoms with Crippen LogP contribution in [0, 0.1) is 0 Å². The SMILES string of the molecule is O=C(NCCc1ccc(Br)cc1)N(Cc1ccccc1)Cc1ccccc1. The molecule has 0 aliphatic carbocycles. The van der Waals surface area contributed by atoms with Crippen molar-refractivity contribution in [2.75, 3.05) is 6.54 Å². The van der Waals surface area contributed by atoms with Gasteiger partial charge in [-0.3, -0.25) is 0 Å². The zero-order valence-corrected chi connectivity index (χ0v) is 16.7. The number of rotatable bonds is 7. The lowest BCUT2D eigenvalue weighted by molar-refractivity contribution is 0.192. The molecule has 0 aliphatic heterocycles. The van der Waals surface area contributed by atoms with E-state index in [4.69, 9.17) is 0 Å². The van der Waals surface area contributed by atoms with Crippen molar-refractivity contribution < 1.29 is 4.79 Å². The van der Waals surface area contributed by atoms with E-state index in [1.807, 2.05) is 77.7 Å². The molecule has 0 fully saturated rings. The Morgan fingerprint density at radius 2 is 1.26 bits per heavy atom. The molecule has 138 valence electrons. The second-order valence-electron chi connectivity index (χ2n) is 6.44. The van der Waals surface area contributed by atoms with Crippen molar-refractivity contribution in [2.24, 2.45) is 0 Å². The molecule has 0 radical (unpaired) electrons. The van der Waals surface area contributed by atoms with Crippen LogP contribution in [-0.4, -0.2) is 17.5 Å². The molecule has 4 heteroatoms. The van der Waals surface area contributed by atoms with Gasteiger partial charge in [-0.15, -0.1) is 0 Å². The van der Waals surface area contributed by atoms with Crippen molar-refractivity contribution in [3.63, 3.8) is 0 Å². The highest BCUT2D eigenvalue weighted by Gasteiger charge is 2.14. The van der Waals surface area contributed by atoms with Crippen LogP contribution in [-0.2, 0) is 19.5 Å². The number of urea groups is 1. The molecular formula is C23H23BrN2O. The molecule has 2 amide bonds. The Morgan fingerprint density at radius 3 is 1.78 bits per heavy atom. The highest BCUT2D eigenvalue weighted by atomic mass is 79.9. The predicted molar refractivity (Wildman–Crippen MR) is 113 cm³/mol. The van der Waals surface area contributed by atoms with Gasteiger partial charge in [0.05, 0.1) is 0 Å². The normalized spacial score (nSPS) is 10.4. The molecule has 1 N–H and O–H groups in total. The average Bonchev–Trinajstić information content (AvgIpc) is 2.70. The predicted octanol–water partition coefficient (Wildman–Crippen LogP) is 5.40. The number of amides is 2. The third kappa shape index (κ3) is 6.26. The van der Waals surface area contributed by atoms with Gasteiger partial charge in [0, 0.05) is 24.1 Å². The van der Waals surface area contributed by atoms with E-state index >= 15 is 0 Å². The first-order valence-electron chi connectivity index (χ1n) is 9.06. The number of nitrogens with one attached hydrogen (secondary N) is 1. The number of carbonyl (C=O) groups is 1. The lowest BCUT2D eigenvalue weighted by atomic mass is 10.1. The first-order valence-corrected chi connectivity index (χ1v) is 9.85. The molecule has 0 aromatic heterocycles. The maximum atomic E-state index is 12.8. The molecule has 0 bridgehead atoms. The largest absolute Gasteiger partial charge is 0.338 e. The van der Waals surface area contributed by atoms with E-state index in [0.717, 1.165) is 22.0 Å². The van der Waals surface area contributed by atoms with Crippen LogP contribution in [0.25, 0.3) is 0 Å². The Hall–Kier alpha value is -2.59. The number of benzene rings is 3. The molecule has 3 aromatic carbocycles. The number of carbonyl (C=O) groups excluding carboxylic acids is 1. The molecule has 0 saturated carbocycles. The van der Waals surface area contributed by atoms with Crippen LogP contribution in [0.15, 0.2) is 89.4 Å². The van der Waals surface area contributed by atoms with Gasteiger partial charge < -0.3 is 10.2 Å². The summed E-state index contributed by atoms with van der Waals surface area (Å²) in [7, 11) is 0. The molecule has 27 heavy (non-hydrogen) atoms. The highest BCUT2D eigenvalue weighted by Crippen LogP contribution is 2.12. The maximum Gasteiger partial charge on any atom is 0.318 e. The van der Waals surface area contributed by atoms with Gasteiger partial charge >= 0.3 is 6.03 Å². The van der Waals surface area contributed by atoms with E-state index in [1.54, 1.807) is 0 Å². The third-order valence-corrected chi connectivity index (χ3v) is 4.85. The maximum absolute atomic E-state index is 12.8. The van der Waals surface area contributed by atoms with Crippen molar-refractivity contribution in [1.29, 1.82) is 0 Å². The summed E-state index contributed by atoms with van der Waals surface area (Å²) in [6.45, 7) is 1.78. The number of hydrogen-bond donors (Lipinski definition) is 1. The summed E-state index contributed by atoms with van der Waals surface area (Å²) in [5, 5.41) is 3.06. The van der Waals surface area contributed by atoms with E-state index in [1.165, 1.54) is 5.56 Å². The number of halogens is 1. The van der Waals surface area contributed by atoms with Gasteiger partial charge in [0.15, 0.2) is 0 Å². The fourth-order valence-corrected chi connectivity index (χ4v) is 3.15. The van der Waals surface area contributed by atoms with E-state index in [2.05, 4.69) is 33.4 Å². The van der Waals surface area contributed by atoms with Gasteiger partial charge in [-0.05, 0) is 35.2 Å². The van der Waals surface area contributed by atoms with E-state index in [0.29, 0.717) is 19.6 Å².